The number of rotatable bonds is 6. The van der Waals surface area contributed by atoms with E-state index in [1.54, 1.807) is 36.4 Å². The topological polar surface area (TPSA) is 84.0 Å². The molecule has 0 N–H and O–H groups in total. The number of ether oxygens (including phenoxy) is 1. The summed E-state index contributed by atoms with van der Waals surface area (Å²) in [4.78, 5) is 55.3. The molecule has 4 rings (SSSR count). The molecular formula is C22H21ClN2O5S. The number of Topliss-reactive ketones (excluding diaryl/α,β-unsaturated/α-hetero) is 1. The molecule has 162 valence electrons. The first-order chi connectivity index (χ1) is 14.8. The Hall–Kier alpha value is -2.71. The number of halogens is 1. The molecule has 3 heterocycles. The summed E-state index contributed by atoms with van der Waals surface area (Å²) in [6.07, 6.45) is 0.205. The lowest BCUT2D eigenvalue weighted by atomic mass is 9.95. The van der Waals surface area contributed by atoms with Gasteiger partial charge in [-0.05, 0) is 30.2 Å². The quantitative estimate of drug-likeness (QED) is 0.484. The third-order valence-electron chi connectivity index (χ3n) is 5.43. The third-order valence-corrected chi connectivity index (χ3v) is 6.70. The smallest absolute Gasteiger partial charge is 0.354 e. The number of para-hydroxylation sites is 1. The molecule has 0 bridgehead atoms. The van der Waals surface area contributed by atoms with E-state index in [0.29, 0.717) is 20.5 Å². The van der Waals surface area contributed by atoms with Crippen LogP contribution in [0.2, 0.25) is 4.34 Å². The summed E-state index contributed by atoms with van der Waals surface area (Å²) in [6, 6.07) is 9.91. The predicted molar refractivity (Wildman–Crippen MR) is 116 cm³/mol. The monoisotopic (exact) mass is 460 g/mol. The number of hydrogen-bond acceptors (Lipinski definition) is 6. The number of amides is 2. The van der Waals surface area contributed by atoms with Gasteiger partial charge in [-0.1, -0.05) is 37.6 Å². The van der Waals surface area contributed by atoms with Crippen molar-refractivity contribution in [3.05, 3.63) is 51.2 Å². The van der Waals surface area contributed by atoms with Crippen molar-refractivity contribution in [3.8, 4) is 0 Å². The SMILES string of the molecule is CC(C)CN1C(=O)c2ccccc2N2C(=O)CCC12C(=O)OCC(=O)c1ccc(Cl)s1. The molecule has 0 radical (unpaired) electrons. The molecule has 1 aromatic carbocycles. The second-order valence-corrected chi connectivity index (χ2v) is 9.69. The molecule has 2 aromatic rings. The first-order valence-electron chi connectivity index (χ1n) is 9.95. The van der Waals surface area contributed by atoms with Crippen LogP contribution in [0.25, 0.3) is 0 Å². The zero-order chi connectivity index (χ0) is 22.3. The highest BCUT2D eigenvalue weighted by Gasteiger charge is 2.62. The average Bonchev–Trinajstić information content (AvgIpc) is 3.33. The first kappa shape index (κ1) is 21.5. The number of anilines is 1. The highest BCUT2D eigenvalue weighted by atomic mass is 35.5. The van der Waals surface area contributed by atoms with Gasteiger partial charge in [-0.15, -0.1) is 11.3 Å². The van der Waals surface area contributed by atoms with Gasteiger partial charge in [-0.25, -0.2) is 4.79 Å². The maximum absolute atomic E-state index is 13.5. The Bertz CT molecular complexity index is 1080. The minimum Gasteiger partial charge on any atom is -0.454 e. The zero-order valence-corrected chi connectivity index (χ0v) is 18.7. The van der Waals surface area contributed by atoms with Gasteiger partial charge in [0.15, 0.2) is 6.61 Å². The molecule has 2 amide bonds. The number of thiophene rings is 1. The minimum absolute atomic E-state index is 0.0475. The van der Waals surface area contributed by atoms with Crippen LogP contribution < -0.4 is 4.90 Å². The molecule has 0 aliphatic carbocycles. The van der Waals surface area contributed by atoms with Crippen molar-refractivity contribution in [3.63, 3.8) is 0 Å². The van der Waals surface area contributed by atoms with Crippen molar-refractivity contribution in [1.82, 2.24) is 4.90 Å². The summed E-state index contributed by atoms with van der Waals surface area (Å²) < 4.78 is 5.88. The van der Waals surface area contributed by atoms with Gasteiger partial charge >= 0.3 is 5.97 Å². The van der Waals surface area contributed by atoms with Gasteiger partial charge in [0.25, 0.3) is 5.91 Å². The molecule has 31 heavy (non-hydrogen) atoms. The van der Waals surface area contributed by atoms with Crippen LogP contribution in [0.15, 0.2) is 36.4 Å². The van der Waals surface area contributed by atoms with Crippen LogP contribution in [0.1, 0.15) is 46.7 Å². The van der Waals surface area contributed by atoms with Crippen molar-refractivity contribution in [2.45, 2.75) is 32.4 Å². The zero-order valence-electron chi connectivity index (χ0n) is 17.1. The third kappa shape index (κ3) is 3.53. The van der Waals surface area contributed by atoms with Crippen LogP contribution in [0.4, 0.5) is 5.69 Å². The number of esters is 1. The lowest BCUT2D eigenvalue weighted by Gasteiger charge is -2.48. The van der Waals surface area contributed by atoms with Crippen LogP contribution in [-0.4, -0.2) is 47.3 Å². The fraction of sp³-hybridized carbons (Fsp3) is 0.364. The molecule has 9 heteroatoms. The molecular weight excluding hydrogens is 440 g/mol. The summed E-state index contributed by atoms with van der Waals surface area (Å²) in [7, 11) is 0. The van der Waals surface area contributed by atoms with Crippen LogP contribution in [0.3, 0.4) is 0 Å². The number of ketones is 1. The number of benzene rings is 1. The van der Waals surface area contributed by atoms with Crippen LogP contribution in [0, 0.1) is 5.92 Å². The summed E-state index contributed by atoms with van der Waals surface area (Å²) in [5.41, 5.74) is -0.838. The standard InChI is InChI=1S/C22H21ClN2O5S/c1-13(2)11-24-20(28)14-5-3-4-6-15(14)25-19(27)9-10-22(24,25)21(29)30-12-16(26)17-7-8-18(23)31-17/h3-8,13H,9-12H2,1-2H3. The summed E-state index contributed by atoms with van der Waals surface area (Å²) >= 11 is 6.98. The fourth-order valence-electron chi connectivity index (χ4n) is 4.15. The van der Waals surface area contributed by atoms with Crippen molar-refractivity contribution >= 4 is 52.2 Å². The maximum atomic E-state index is 13.5. The van der Waals surface area contributed by atoms with Crippen molar-refractivity contribution < 1.29 is 23.9 Å². The first-order valence-corrected chi connectivity index (χ1v) is 11.1. The molecule has 2 aliphatic heterocycles. The molecule has 0 spiro atoms. The number of nitrogens with zero attached hydrogens (tertiary/aromatic N) is 2. The maximum Gasteiger partial charge on any atom is 0.354 e. The van der Waals surface area contributed by atoms with Gasteiger partial charge in [-0.3, -0.25) is 19.3 Å². The Morgan fingerprint density at radius 1 is 1.19 bits per heavy atom. The molecule has 7 nitrogen and oxygen atoms in total. The van der Waals surface area contributed by atoms with Crippen molar-refractivity contribution in [2.24, 2.45) is 5.92 Å². The van der Waals surface area contributed by atoms with E-state index in [9.17, 15) is 19.2 Å². The minimum atomic E-state index is -1.60. The van der Waals surface area contributed by atoms with E-state index in [2.05, 4.69) is 0 Å². The van der Waals surface area contributed by atoms with Gasteiger partial charge in [0.1, 0.15) is 0 Å². The Morgan fingerprint density at radius 2 is 1.94 bits per heavy atom. The highest BCUT2D eigenvalue weighted by Crippen LogP contribution is 2.45. The fourth-order valence-corrected chi connectivity index (χ4v) is 5.12. The number of fused-ring (bicyclic) bond motifs is 3. The molecule has 1 aromatic heterocycles. The molecule has 1 saturated heterocycles. The van der Waals surface area contributed by atoms with Crippen molar-refractivity contribution in [2.75, 3.05) is 18.1 Å². The van der Waals surface area contributed by atoms with E-state index in [0.717, 1.165) is 11.3 Å². The van der Waals surface area contributed by atoms with Gasteiger partial charge in [0.05, 0.1) is 20.5 Å². The lowest BCUT2D eigenvalue weighted by Crippen LogP contribution is -2.69. The van der Waals surface area contributed by atoms with Crippen LogP contribution >= 0.6 is 22.9 Å². The molecule has 1 atom stereocenters. The Morgan fingerprint density at radius 3 is 2.61 bits per heavy atom. The predicted octanol–water partition coefficient (Wildman–Crippen LogP) is 3.76. The average molecular weight is 461 g/mol. The van der Waals surface area contributed by atoms with Gasteiger partial charge in [-0.2, -0.15) is 0 Å². The van der Waals surface area contributed by atoms with E-state index in [4.69, 9.17) is 16.3 Å². The summed E-state index contributed by atoms with van der Waals surface area (Å²) in [6.45, 7) is 3.63. The Labute approximate surface area is 188 Å². The Kier molecular flexibility index (Phi) is 5.61. The normalized spacial score (nSPS) is 20.1. The van der Waals surface area contributed by atoms with E-state index in [1.165, 1.54) is 9.80 Å². The van der Waals surface area contributed by atoms with Crippen LogP contribution in [0.5, 0.6) is 0 Å². The molecule has 2 aliphatic rings. The lowest BCUT2D eigenvalue weighted by molar-refractivity contribution is -0.156. The van der Waals surface area contributed by atoms with E-state index < -0.39 is 24.0 Å². The largest absolute Gasteiger partial charge is 0.454 e. The molecule has 0 saturated carbocycles. The van der Waals surface area contributed by atoms with Crippen LogP contribution in [-0.2, 0) is 14.3 Å². The summed E-state index contributed by atoms with van der Waals surface area (Å²) in [5.74, 6) is -1.72. The second-order valence-electron chi connectivity index (χ2n) is 7.98. The van der Waals surface area contributed by atoms with Gasteiger partial charge < -0.3 is 9.64 Å². The van der Waals surface area contributed by atoms with Crippen molar-refractivity contribution in [1.29, 1.82) is 0 Å². The highest BCUT2D eigenvalue weighted by molar-refractivity contribution is 7.18. The van der Waals surface area contributed by atoms with Gasteiger partial charge in [0, 0.05) is 19.4 Å². The number of carbonyl (C=O) groups is 4. The molecule has 1 unspecified atom stereocenters. The van der Waals surface area contributed by atoms with Gasteiger partial charge in [0.2, 0.25) is 17.4 Å². The summed E-state index contributed by atoms with van der Waals surface area (Å²) in [5, 5.41) is 0. The second kappa shape index (κ2) is 8.09. The van der Waals surface area contributed by atoms with E-state index >= 15 is 0 Å². The van der Waals surface area contributed by atoms with E-state index in [-0.39, 0.29) is 37.1 Å². The van der Waals surface area contributed by atoms with E-state index in [1.807, 2.05) is 13.8 Å². The number of hydrogen-bond donors (Lipinski definition) is 0. The molecule has 1 fully saturated rings. The number of carbonyl (C=O) groups excluding carboxylic acids is 4. The Balaban J connectivity index is 1.71.